The summed E-state index contributed by atoms with van der Waals surface area (Å²) in [6, 6.07) is 20.5. The van der Waals surface area contributed by atoms with Gasteiger partial charge >= 0.3 is 5.97 Å². The second-order valence-corrected chi connectivity index (χ2v) is 8.24. The number of hydrogen-bond donors (Lipinski definition) is 1. The molecule has 172 valence electrons. The summed E-state index contributed by atoms with van der Waals surface area (Å²) < 4.78 is 17.7. The minimum atomic E-state index is -1.07. The lowest BCUT2D eigenvalue weighted by molar-refractivity contribution is 0.0683. The second kappa shape index (κ2) is 9.11. The third kappa shape index (κ3) is 4.18. The third-order valence-electron chi connectivity index (χ3n) is 5.68. The Bertz CT molecular complexity index is 1370. The summed E-state index contributed by atoms with van der Waals surface area (Å²) >= 11 is 6.53. The highest BCUT2D eigenvalue weighted by Gasteiger charge is 2.26. The van der Waals surface area contributed by atoms with Crippen LogP contribution in [0.4, 0.5) is 0 Å². The number of benzene rings is 3. The number of carboxylic acid groups (broad SMARTS) is 1. The van der Waals surface area contributed by atoms with E-state index in [-0.39, 0.29) is 25.5 Å². The smallest absolute Gasteiger partial charge is 0.354 e. The molecule has 1 aromatic heterocycles. The molecule has 0 unspecified atom stereocenters. The van der Waals surface area contributed by atoms with Crippen LogP contribution >= 0.6 is 11.6 Å². The van der Waals surface area contributed by atoms with Gasteiger partial charge in [0.2, 0.25) is 6.79 Å². The van der Waals surface area contributed by atoms with Gasteiger partial charge in [-0.2, -0.15) is 5.10 Å². The van der Waals surface area contributed by atoms with Gasteiger partial charge in [-0.25, -0.2) is 4.79 Å². The molecule has 34 heavy (non-hydrogen) atoms. The number of hydrogen-bond acceptors (Lipinski definition) is 5. The molecule has 1 N–H and O–H groups in total. The third-order valence-corrected chi connectivity index (χ3v) is 6.03. The molecule has 0 aliphatic carbocycles. The molecule has 2 heterocycles. The highest BCUT2D eigenvalue weighted by Crippen LogP contribution is 2.39. The van der Waals surface area contributed by atoms with Crippen molar-refractivity contribution in [1.82, 2.24) is 9.78 Å². The van der Waals surface area contributed by atoms with Gasteiger partial charge in [-0.1, -0.05) is 54.1 Å². The number of aromatic nitrogens is 2. The number of methoxy groups -OCH3 is 1. The quantitative estimate of drug-likeness (QED) is 0.391. The van der Waals surface area contributed by atoms with E-state index in [0.717, 1.165) is 16.7 Å². The van der Waals surface area contributed by atoms with Gasteiger partial charge in [0.1, 0.15) is 5.75 Å². The number of ether oxygens (including phenoxy) is 3. The van der Waals surface area contributed by atoms with Gasteiger partial charge in [0.25, 0.3) is 0 Å². The first-order chi connectivity index (χ1) is 16.5. The minimum absolute atomic E-state index is 0.107. The Morgan fingerprint density at radius 1 is 1.09 bits per heavy atom. The first kappa shape index (κ1) is 21.9. The molecule has 5 rings (SSSR count). The first-order valence-electron chi connectivity index (χ1n) is 10.6. The largest absolute Gasteiger partial charge is 0.497 e. The zero-order valence-corrected chi connectivity index (χ0v) is 19.1. The predicted molar refractivity (Wildman–Crippen MR) is 127 cm³/mol. The minimum Gasteiger partial charge on any atom is -0.497 e. The van der Waals surface area contributed by atoms with Crippen molar-refractivity contribution in [2.75, 3.05) is 13.9 Å². The number of fused-ring (bicyclic) bond motifs is 1. The van der Waals surface area contributed by atoms with E-state index in [0.29, 0.717) is 33.5 Å². The van der Waals surface area contributed by atoms with Gasteiger partial charge < -0.3 is 19.3 Å². The molecule has 1 aliphatic rings. The molecular formula is C26H21ClN2O5. The lowest BCUT2D eigenvalue weighted by Gasteiger charge is -2.09. The molecule has 0 bridgehead atoms. The SMILES string of the molecule is COc1cccc(Cn2nc(-c3ccccc3)c(Cc3cc4c(cc3Cl)OCO4)c2C(=O)O)c1. The van der Waals surface area contributed by atoms with Crippen molar-refractivity contribution in [1.29, 1.82) is 0 Å². The van der Waals surface area contributed by atoms with E-state index < -0.39 is 5.97 Å². The summed E-state index contributed by atoms with van der Waals surface area (Å²) in [6.45, 7) is 0.400. The van der Waals surface area contributed by atoms with E-state index in [1.54, 1.807) is 19.2 Å². The molecule has 7 nitrogen and oxygen atoms in total. The van der Waals surface area contributed by atoms with Crippen molar-refractivity contribution in [2.45, 2.75) is 13.0 Å². The number of aromatic carboxylic acids is 1. The van der Waals surface area contributed by atoms with Crippen LogP contribution in [0.3, 0.4) is 0 Å². The van der Waals surface area contributed by atoms with Crippen LogP contribution in [-0.2, 0) is 13.0 Å². The van der Waals surface area contributed by atoms with Crippen LogP contribution in [0.5, 0.6) is 17.2 Å². The molecule has 0 saturated carbocycles. The fourth-order valence-corrected chi connectivity index (χ4v) is 4.30. The van der Waals surface area contributed by atoms with E-state index in [1.165, 1.54) is 4.68 Å². The average Bonchev–Trinajstić information content (AvgIpc) is 3.44. The number of nitrogens with zero attached hydrogens (tertiary/aromatic N) is 2. The van der Waals surface area contributed by atoms with Crippen LogP contribution < -0.4 is 14.2 Å². The summed E-state index contributed by atoms with van der Waals surface area (Å²) in [7, 11) is 1.59. The van der Waals surface area contributed by atoms with Crippen LogP contribution in [0.25, 0.3) is 11.3 Å². The van der Waals surface area contributed by atoms with Crippen molar-refractivity contribution < 1.29 is 24.1 Å². The molecule has 3 aromatic carbocycles. The van der Waals surface area contributed by atoms with Crippen LogP contribution in [0.2, 0.25) is 5.02 Å². The Kier molecular flexibility index (Phi) is 5.86. The van der Waals surface area contributed by atoms with Crippen LogP contribution in [0.15, 0.2) is 66.7 Å². The van der Waals surface area contributed by atoms with Crippen molar-refractivity contribution >= 4 is 17.6 Å². The van der Waals surface area contributed by atoms with Crippen LogP contribution in [0.1, 0.15) is 27.2 Å². The number of rotatable bonds is 7. The Labute approximate surface area is 201 Å². The molecule has 0 radical (unpaired) electrons. The summed E-state index contributed by atoms with van der Waals surface area (Å²) in [5.74, 6) is 0.784. The molecule has 0 saturated heterocycles. The standard InChI is InChI=1S/C26H21ClN2O5/c1-32-19-9-5-6-16(10-19)14-29-25(26(30)31)20(24(28-29)17-7-3-2-4-8-17)11-18-12-22-23(13-21(18)27)34-15-33-22/h2-10,12-13H,11,14-15H2,1H3,(H,30,31). The van der Waals surface area contributed by atoms with Crippen molar-refractivity contribution in [3.05, 3.63) is 94.1 Å². The second-order valence-electron chi connectivity index (χ2n) is 7.83. The zero-order chi connectivity index (χ0) is 23.7. The summed E-state index contributed by atoms with van der Waals surface area (Å²) in [5, 5.41) is 15.4. The van der Waals surface area contributed by atoms with E-state index in [4.69, 9.17) is 30.9 Å². The number of carboxylic acids is 1. The molecule has 4 aromatic rings. The molecule has 0 fully saturated rings. The van der Waals surface area contributed by atoms with Gasteiger partial charge in [0.15, 0.2) is 17.2 Å². The lowest BCUT2D eigenvalue weighted by atomic mass is 9.98. The Morgan fingerprint density at radius 2 is 1.85 bits per heavy atom. The molecule has 0 amide bonds. The van der Waals surface area contributed by atoms with E-state index in [9.17, 15) is 9.90 Å². The Balaban J connectivity index is 1.64. The number of carbonyl (C=O) groups is 1. The van der Waals surface area contributed by atoms with E-state index >= 15 is 0 Å². The van der Waals surface area contributed by atoms with Gasteiger partial charge in [-0.3, -0.25) is 4.68 Å². The van der Waals surface area contributed by atoms with Gasteiger partial charge in [0, 0.05) is 28.6 Å². The molecule has 1 aliphatic heterocycles. The lowest BCUT2D eigenvalue weighted by Crippen LogP contribution is -2.13. The predicted octanol–water partition coefficient (Wildman–Crippen LogP) is 5.28. The molecule has 8 heteroatoms. The fourth-order valence-electron chi connectivity index (χ4n) is 4.08. The van der Waals surface area contributed by atoms with Crippen molar-refractivity contribution in [2.24, 2.45) is 0 Å². The molecular weight excluding hydrogens is 456 g/mol. The Morgan fingerprint density at radius 3 is 2.59 bits per heavy atom. The highest BCUT2D eigenvalue weighted by atomic mass is 35.5. The van der Waals surface area contributed by atoms with E-state index in [1.807, 2.05) is 54.6 Å². The highest BCUT2D eigenvalue weighted by molar-refractivity contribution is 6.31. The number of halogens is 1. The van der Waals surface area contributed by atoms with E-state index in [2.05, 4.69) is 0 Å². The normalized spacial score (nSPS) is 12.1. The van der Waals surface area contributed by atoms with Gasteiger partial charge in [-0.15, -0.1) is 0 Å². The maximum atomic E-state index is 12.5. The van der Waals surface area contributed by atoms with Gasteiger partial charge in [0.05, 0.1) is 19.3 Å². The molecule has 0 spiro atoms. The summed E-state index contributed by atoms with van der Waals surface area (Å²) in [4.78, 5) is 12.5. The maximum absolute atomic E-state index is 12.5. The maximum Gasteiger partial charge on any atom is 0.354 e. The molecule has 0 atom stereocenters. The van der Waals surface area contributed by atoms with Crippen molar-refractivity contribution in [3.63, 3.8) is 0 Å². The van der Waals surface area contributed by atoms with Crippen molar-refractivity contribution in [3.8, 4) is 28.5 Å². The first-order valence-corrected chi connectivity index (χ1v) is 11.0. The average molecular weight is 477 g/mol. The monoisotopic (exact) mass is 476 g/mol. The summed E-state index contributed by atoms with van der Waals surface area (Å²) in [6.07, 6.45) is 0.263. The van der Waals surface area contributed by atoms with Crippen LogP contribution in [0, 0.1) is 0 Å². The summed E-state index contributed by atoms with van der Waals surface area (Å²) in [5.41, 5.74) is 3.69. The topological polar surface area (TPSA) is 82.8 Å². The Hall–Kier alpha value is -3.97. The fraction of sp³-hybridized carbons (Fsp3) is 0.154. The van der Waals surface area contributed by atoms with Crippen LogP contribution in [-0.4, -0.2) is 34.8 Å². The van der Waals surface area contributed by atoms with Gasteiger partial charge in [-0.05, 0) is 29.3 Å². The zero-order valence-electron chi connectivity index (χ0n) is 18.3.